The van der Waals surface area contributed by atoms with E-state index in [4.69, 9.17) is 9.47 Å². The lowest BCUT2D eigenvalue weighted by atomic mass is 10.1. The van der Waals surface area contributed by atoms with Crippen molar-refractivity contribution in [2.24, 2.45) is 5.10 Å². The Hall–Kier alpha value is -4.20. The minimum Gasteiger partial charge on any atom is -0.493 e. The van der Waals surface area contributed by atoms with E-state index in [1.165, 1.54) is 20.4 Å². The number of hydrazone groups is 1. The lowest BCUT2D eigenvalue weighted by molar-refractivity contribution is 0.0956. The number of nitrogens with zero attached hydrogens (tertiary/aromatic N) is 2. The second-order valence-electron chi connectivity index (χ2n) is 6.05. The summed E-state index contributed by atoms with van der Waals surface area (Å²) in [5.41, 5.74) is 4.24. The fraction of sp³-hybridized carbons (Fsp3) is 0.0909. The van der Waals surface area contributed by atoms with Crippen LogP contribution in [0.5, 0.6) is 11.5 Å². The fourth-order valence-electron chi connectivity index (χ4n) is 2.64. The van der Waals surface area contributed by atoms with Gasteiger partial charge in [-0.2, -0.15) is 5.10 Å². The standard InChI is InChI=1S/C22H20N4O4/c1-29-19-8-7-16(13-20(19)30-2)21(27)25-18-6-4-3-5-17(18)22(28)26-24-14-15-9-11-23-12-10-15/h3-14H,1-2H3,(H,25,27)(H,26,28)/b24-14-. The molecule has 1 aromatic heterocycles. The average molecular weight is 404 g/mol. The predicted octanol–water partition coefficient (Wildman–Crippen LogP) is 3.12. The summed E-state index contributed by atoms with van der Waals surface area (Å²) in [6.45, 7) is 0. The summed E-state index contributed by atoms with van der Waals surface area (Å²) in [5.74, 6) is 0.0996. The number of pyridine rings is 1. The fourth-order valence-corrected chi connectivity index (χ4v) is 2.64. The van der Waals surface area contributed by atoms with Crippen LogP contribution in [0.25, 0.3) is 0 Å². The van der Waals surface area contributed by atoms with Gasteiger partial charge in [0.15, 0.2) is 11.5 Å². The van der Waals surface area contributed by atoms with Crippen molar-refractivity contribution in [3.05, 3.63) is 83.7 Å². The molecule has 2 amide bonds. The second kappa shape index (κ2) is 9.83. The van der Waals surface area contributed by atoms with Gasteiger partial charge in [0.1, 0.15) is 0 Å². The number of aromatic nitrogens is 1. The predicted molar refractivity (Wildman–Crippen MR) is 113 cm³/mol. The maximum Gasteiger partial charge on any atom is 0.273 e. The maximum absolute atomic E-state index is 12.7. The van der Waals surface area contributed by atoms with Crippen LogP contribution >= 0.6 is 0 Å². The Morgan fingerprint density at radius 1 is 0.933 bits per heavy atom. The number of amides is 2. The number of nitrogens with one attached hydrogen (secondary N) is 2. The molecule has 0 bridgehead atoms. The summed E-state index contributed by atoms with van der Waals surface area (Å²) in [6.07, 6.45) is 4.76. The molecular formula is C22H20N4O4. The molecule has 8 nitrogen and oxygen atoms in total. The van der Waals surface area contributed by atoms with Gasteiger partial charge in [0.2, 0.25) is 0 Å². The normalized spacial score (nSPS) is 10.5. The van der Waals surface area contributed by atoms with E-state index in [0.717, 1.165) is 5.56 Å². The minimum atomic E-state index is -0.455. The van der Waals surface area contributed by atoms with Crippen LogP contribution < -0.4 is 20.2 Å². The van der Waals surface area contributed by atoms with Crippen molar-refractivity contribution in [1.29, 1.82) is 0 Å². The molecule has 0 aliphatic rings. The lowest BCUT2D eigenvalue weighted by Gasteiger charge is -2.12. The smallest absolute Gasteiger partial charge is 0.273 e. The van der Waals surface area contributed by atoms with Crippen molar-refractivity contribution < 1.29 is 19.1 Å². The van der Waals surface area contributed by atoms with Crippen LogP contribution in [0.4, 0.5) is 5.69 Å². The number of rotatable bonds is 7. The van der Waals surface area contributed by atoms with Gasteiger partial charge in [-0.3, -0.25) is 14.6 Å². The van der Waals surface area contributed by atoms with E-state index in [9.17, 15) is 9.59 Å². The van der Waals surface area contributed by atoms with Crippen LogP contribution in [0.2, 0.25) is 0 Å². The number of methoxy groups -OCH3 is 2. The monoisotopic (exact) mass is 404 g/mol. The molecule has 0 unspecified atom stereocenters. The van der Waals surface area contributed by atoms with Crippen LogP contribution in [-0.2, 0) is 0 Å². The SMILES string of the molecule is COc1ccc(C(=O)Nc2ccccc2C(=O)N/N=C\c2ccncc2)cc1OC. The highest BCUT2D eigenvalue weighted by Gasteiger charge is 2.15. The molecule has 0 saturated carbocycles. The summed E-state index contributed by atoms with van der Waals surface area (Å²) in [4.78, 5) is 29.1. The van der Waals surface area contributed by atoms with Crippen LogP contribution in [0.3, 0.4) is 0 Å². The number of hydrogen-bond donors (Lipinski definition) is 2. The Kier molecular flexibility index (Phi) is 6.73. The second-order valence-corrected chi connectivity index (χ2v) is 6.05. The van der Waals surface area contributed by atoms with E-state index >= 15 is 0 Å². The van der Waals surface area contributed by atoms with Gasteiger partial charge < -0.3 is 14.8 Å². The van der Waals surface area contributed by atoms with Gasteiger partial charge >= 0.3 is 0 Å². The molecule has 0 aliphatic carbocycles. The molecule has 30 heavy (non-hydrogen) atoms. The first-order chi connectivity index (χ1) is 14.6. The van der Waals surface area contributed by atoms with Crippen molar-refractivity contribution in [3.63, 3.8) is 0 Å². The zero-order valence-corrected chi connectivity index (χ0v) is 16.5. The molecular weight excluding hydrogens is 384 g/mol. The highest BCUT2D eigenvalue weighted by Crippen LogP contribution is 2.28. The number of hydrogen-bond acceptors (Lipinski definition) is 6. The number of para-hydroxylation sites is 1. The Morgan fingerprint density at radius 2 is 1.67 bits per heavy atom. The molecule has 0 spiro atoms. The Morgan fingerprint density at radius 3 is 2.40 bits per heavy atom. The van der Waals surface area contributed by atoms with Gasteiger partial charge in [0.05, 0.1) is 31.7 Å². The van der Waals surface area contributed by atoms with Gasteiger partial charge in [-0.05, 0) is 48.0 Å². The van der Waals surface area contributed by atoms with E-state index in [0.29, 0.717) is 22.7 Å². The molecule has 0 aliphatic heterocycles. The quantitative estimate of drug-likeness (QED) is 0.465. The number of anilines is 1. The van der Waals surface area contributed by atoms with Gasteiger partial charge in [-0.25, -0.2) is 5.43 Å². The summed E-state index contributed by atoms with van der Waals surface area (Å²) in [5, 5.41) is 6.69. The summed E-state index contributed by atoms with van der Waals surface area (Å²) in [7, 11) is 3.01. The zero-order valence-electron chi connectivity index (χ0n) is 16.5. The van der Waals surface area contributed by atoms with Crippen molar-refractivity contribution >= 4 is 23.7 Å². The molecule has 0 saturated heterocycles. The Balaban J connectivity index is 1.74. The summed E-state index contributed by atoms with van der Waals surface area (Å²) in [6, 6.07) is 15.0. The first-order valence-corrected chi connectivity index (χ1v) is 8.98. The number of carbonyl (C=O) groups excluding carboxylic acids is 2. The van der Waals surface area contributed by atoms with Gasteiger partial charge in [0.25, 0.3) is 11.8 Å². The van der Waals surface area contributed by atoms with Gasteiger partial charge in [0, 0.05) is 18.0 Å². The van der Waals surface area contributed by atoms with E-state index in [-0.39, 0.29) is 5.56 Å². The molecule has 0 radical (unpaired) electrons. The highest BCUT2D eigenvalue weighted by molar-refractivity contribution is 6.09. The summed E-state index contributed by atoms with van der Waals surface area (Å²) < 4.78 is 10.4. The van der Waals surface area contributed by atoms with Crippen LogP contribution in [0, 0.1) is 0 Å². The van der Waals surface area contributed by atoms with Crippen LogP contribution in [0.15, 0.2) is 72.1 Å². The third-order valence-corrected chi connectivity index (χ3v) is 4.15. The molecule has 3 rings (SSSR count). The number of benzene rings is 2. The Labute approximate surface area is 173 Å². The van der Waals surface area contributed by atoms with Crippen molar-refractivity contribution in [2.75, 3.05) is 19.5 Å². The molecule has 0 atom stereocenters. The molecule has 2 N–H and O–H groups in total. The number of carbonyl (C=O) groups is 2. The van der Waals surface area contributed by atoms with Gasteiger partial charge in [-0.15, -0.1) is 0 Å². The summed E-state index contributed by atoms with van der Waals surface area (Å²) >= 11 is 0. The molecule has 1 heterocycles. The van der Waals surface area contributed by atoms with Crippen LogP contribution in [-0.4, -0.2) is 37.2 Å². The molecule has 8 heteroatoms. The third kappa shape index (κ3) is 4.99. The maximum atomic E-state index is 12.7. The average Bonchev–Trinajstić information content (AvgIpc) is 2.79. The van der Waals surface area contributed by atoms with E-state index in [2.05, 4.69) is 20.8 Å². The Bertz CT molecular complexity index is 1070. The van der Waals surface area contributed by atoms with Crippen LogP contribution in [0.1, 0.15) is 26.3 Å². The van der Waals surface area contributed by atoms with E-state index < -0.39 is 11.8 Å². The zero-order chi connectivity index (χ0) is 21.3. The topological polar surface area (TPSA) is 102 Å². The van der Waals surface area contributed by atoms with Crippen molar-refractivity contribution in [3.8, 4) is 11.5 Å². The van der Waals surface area contributed by atoms with Crippen molar-refractivity contribution in [2.45, 2.75) is 0 Å². The van der Waals surface area contributed by atoms with E-state index in [1.807, 2.05) is 0 Å². The lowest BCUT2D eigenvalue weighted by Crippen LogP contribution is -2.21. The minimum absolute atomic E-state index is 0.276. The highest BCUT2D eigenvalue weighted by atomic mass is 16.5. The largest absolute Gasteiger partial charge is 0.493 e. The van der Waals surface area contributed by atoms with E-state index in [1.54, 1.807) is 67.0 Å². The molecule has 152 valence electrons. The molecule has 0 fully saturated rings. The van der Waals surface area contributed by atoms with Crippen molar-refractivity contribution in [1.82, 2.24) is 10.4 Å². The molecule has 2 aromatic carbocycles. The third-order valence-electron chi connectivity index (χ3n) is 4.15. The number of ether oxygens (including phenoxy) is 2. The first-order valence-electron chi connectivity index (χ1n) is 8.98. The first kappa shape index (κ1) is 20.5. The van der Waals surface area contributed by atoms with Gasteiger partial charge in [-0.1, -0.05) is 12.1 Å². The molecule has 3 aromatic rings.